The van der Waals surface area contributed by atoms with Gasteiger partial charge in [-0.2, -0.15) is 0 Å². The number of halogens is 1. The first-order valence-corrected chi connectivity index (χ1v) is 6.07. The van der Waals surface area contributed by atoms with Gasteiger partial charge in [0.25, 0.3) is 5.91 Å². The molecule has 1 fully saturated rings. The minimum absolute atomic E-state index is 0.0549. The van der Waals surface area contributed by atoms with E-state index in [1.165, 1.54) is 0 Å². The number of anilines is 1. The molecule has 0 radical (unpaired) electrons. The van der Waals surface area contributed by atoms with Crippen LogP contribution in [-0.2, 0) is 6.54 Å². The van der Waals surface area contributed by atoms with E-state index in [1.807, 2.05) is 0 Å². The summed E-state index contributed by atoms with van der Waals surface area (Å²) in [5.41, 5.74) is 1.64. The summed E-state index contributed by atoms with van der Waals surface area (Å²) in [5.74, 6) is 0.799. The van der Waals surface area contributed by atoms with Crippen molar-refractivity contribution in [3.8, 4) is 0 Å². The standard InChI is InChI=1S/C11H13ClN4O/c12-9-5-7-8(6-14-11(7)17)10(15-9)16-3-1-13-2-4-16/h5,13H,1-4,6H2,(H,14,17). The fraction of sp³-hybridized carbons (Fsp3) is 0.455. The van der Waals surface area contributed by atoms with Gasteiger partial charge in [0, 0.05) is 38.3 Å². The highest BCUT2D eigenvalue weighted by molar-refractivity contribution is 6.30. The molecular weight excluding hydrogens is 240 g/mol. The normalized spacial score (nSPS) is 19.1. The van der Waals surface area contributed by atoms with E-state index in [0.717, 1.165) is 37.6 Å². The van der Waals surface area contributed by atoms with Gasteiger partial charge in [0.15, 0.2) is 0 Å². The van der Waals surface area contributed by atoms with Crippen molar-refractivity contribution in [2.24, 2.45) is 0 Å². The molecule has 0 bridgehead atoms. The van der Waals surface area contributed by atoms with E-state index in [0.29, 0.717) is 17.3 Å². The summed E-state index contributed by atoms with van der Waals surface area (Å²) in [5, 5.41) is 6.49. The maximum atomic E-state index is 11.6. The lowest BCUT2D eigenvalue weighted by atomic mass is 10.1. The molecule has 5 nitrogen and oxygen atoms in total. The van der Waals surface area contributed by atoms with E-state index in [-0.39, 0.29) is 5.91 Å². The molecule has 1 aromatic rings. The molecule has 0 unspecified atom stereocenters. The maximum Gasteiger partial charge on any atom is 0.252 e. The molecule has 0 atom stereocenters. The van der Waals surface area contributed by atoms with E-state index in [1.54, 1.807) is 6.07 Å². The van der Waals surface area contributed by atoms with Crippen LogP contribution in [0, 0.1) is 0 Å². The summed E-state index contributed by atoms with van der Waals surface area (Å²) in [7, 11) is 0. The molecule has 1 aromatic heterocycles. The SMILES string of the molecule is O=C1NCc2c1cc(Cl)nc2N1CCNCC1. The first-order chi connectivity index (χ1) is 8.25. The molecule has 2 N–H and O–H groups in total. The first-order valence-electron chi connectivity index (χ1n) is 5.69. The smallest absolute Gasteiger partial charge is 0.252 e. The number of carbonyl (C=O) groups excluding carboxylic acids is 1. The topological polar surface area (TPSA) is 57.3 Å². The van der Waals surface area contributed by atoms with Gasteiger partial charge >= 0.3 is 0 Å². The molecule has 2 aliphatic rings. The molecule has 17 heavy (non-hydrogen) atoms. The number of hydrogen-bond acceptors (Lipinski definition) is 4. The third-order valence-corrected chi connectivity index (χ3v) is 3.35. The Morgan fingerprint density at radius 3 is 2.88 bits per heavy atom. The van der Waals surface area contributed by atoms with E-state index < -0.39 is 0 Å². The molecule has 2 aliphatic heterocycles. The van der Waals surface area contributed by atoms with Gasteiger partial charge < -0.3 is 15.5 Å². The van der Waals surface area contributed by atoms with Crippen LogP contribution in [0.2, 0.25) is 5.15 Å². The fourth-order valence-corrected chi connectivity index (χ4v) is 2.50. The molecular formula is C11H13ClN4O. The average Bonchev–Trinajstić information content (AvgIpc) is 2.72. The minimum Gasteiger partial charge on any atom is -0.354 e. The Bertz CT molecular complexity index is 471. The highest BCUT2D eigenvalue weighted by atomic mass is 35.5. The second kappa shape index (κ2) is 4.16. The Hall–Kier alpha value is -1.33. The lowest BCUT2D eigenvalue weighted by Crippen LogP contribution is -2.44. The third kappa shape index (κ3) is 1.85. The van der Waals surface area contributed by atoms with Gasteiger partial charge in [0.05, 0.1) is 5.56 Å². The predicted molar refractivity (Wildman–Crippen MR) is 65.5 cm³/mol. The van der Waals surface area contributed by atoms with Crippen molar-refractivity contribution >= 4 is 23.3 Å². The van der Waals surface area contributed by atoms with E-state index in [9.17, 15) is 4.79 Å². The first kappa shape index (κ1) is 10.8. The number of pyridine rings is 1. The van der Waals surface area contributed by atoms with Gasteiger partial charge in [-0.25, -0.2) is 4.98 Å². The third-order valence-electron chi connectivity index (χ3n) is 3.16. The minimum atomic E-state index is -0.0549. The number of nitrogens with one attached hydrogen (secondary N) is 2. The lowest BCUT2D eigenvalue weighted by molar-refractivity contribution is 0.0965. The van der Waals surface area contributed by atoms with E-state index in [4.69, 9.17) is 11.6 Å². The molecule has 1 amide bonds. The quantitative estimate of drug-likeness (QED) is 0.710. The van der Waals surface area contributed by atoms with Gasteiger partial charge in [0.1, 0.15) is 11.0 Å². The molecule has 0 saturated carbocycles. The van der Waals surface area contributed by atoms with Crippen molar-refractivity contribution in [3.63, 3.8) is 0 Å². The number of aromatic nitrogens is 1. The van der Waals surface area contributed by atoms with Crippen molar-refractivity contribution < 1.29 is 4.79 Å². The summed E-state index contributed by atoms with van der Waals surface area (Å²) in [6.07, 6.45) is 0. The molecule has 1 saturated heterocycles. The van der Waals surface area contributed by atoms with Crippen LogP contribution >= 0.6 is 11.6 Å². The summed E-state index contributed by atoms with van der Waals surface area (Å²) in [6.45, 7) is 4.22. The van der Waals surface area contributed by atoms with Crippen LogP contribution in [0.1, 0.15) is 15.9 Å². The second-order valence-corrected chi connectivity index (χ2v) is 4.60. The highest BCUT2D eigenvalue weighted by Gasteiger charge is 2.26. The average molecular weight is 253 g/mol. The summed E-state index contributed by atoms with van der Waals surface area (Å²) < 4.78 is 0. The van der Waals surface area contributed by atoms with Crippen LogP contribution in [0.4, 0.5) is 5.82 Å². The number of carbonyl (C=O) groups is 1. The summed E-state index contributed by atoms with van der Waals surface area (Å²) in [6, 6.07) is 1.64. The van der Waals surface area contributed by atoms with Crippen molar-refractivity contribution in [1.29, 1.82) is 0 Å². The summed E-state index contributed by atoms with van der Waals surface area (Å²) >= 11 is 5.98. The zero-order valence-corrected chi connectivity index (χ0v) is 10.0. The van der Waals surface area contributed by atoms with Crippen LogP contribution in [0.15, 0.2) is 6.07 Å². The predicted octanol–water partition coefficient (Wildman–Crippen LogP) is 0.388. The van der Waals surface area contributed by atoms with Crippen molar-refractivity contribution in [2.45, 2.75) is 6.54 Å². The van der Waals surface area contributed by atoms with E-state index in [2.05, 4.69) is 20.5 Å². The number of piperazine rings is 1. The van der Waals surface area contributed by atoms with Gasteiger partial charge in [-0.15, -0.1) is 0 Å². The molecule has 0 aromatic carbocycles. The zero-order chi connectivity index (χ0) is 11.8. The largest absolute Gasteiger partial charge is 0.354 e. The Morgan fingerprint density at radius 2 is 2.12 bits per heavy atom. The highest BCUT2D eigenvalue weighted by Crippen LogP contribution is 2.28. The second-order valence-electron chi connectivity index (χ2n) is 4.21. The molecule has 90 valence electrons. The Morgan fingerprint density at radius 1 is 1.35 bits per heavy atom. The number of hydrogen-bond donors (Lipinski definition) is 2. The summed E-state index contributed by atoms with van der Waals surface area (Å²) in [4.78, 5) is 18.2. The van der Waals surface area contributed by atoms with Crippen LogP contribution < -0.4 is 15.5 Å². The van der Waals surface area contributed by atoms with E-state index >= 15 is 0 Å². The number of fused-ring (bicyclic) bond motifs is 1. The van der Waals surface area contributed by atoms with Gasteiger partial charge in [-0.3, -0.25) is 4.79 Å². The molecule has 6 heteroatoms. The number of rotatable bonds is 1. The Kier molecular flexibility index (Phi) is 2.64. The van der Waals surface area contributed by atoms with Crippen molar-refractivity contribution in [1.82, 2.24) is 15.6 Å². The lowest BCUT2D eigenvalue weighted by Gasteiger charge is -2.29. The molecule has 0 aliphatic carbocycles. The van der Waals surface area contributed by atoms with Gasteiger partial charge in [-0.1, -0.05) is 11.6 Å². The fourth-order valence-electron chi connectivity index (χ4n) is 2.31. The van der Waals surface area contributed by atoms with Crippen molar-refractivity contribution in [2.75, 3.05) is 31.1 Å². The van der Waals surface area contributed by atoms with Crippen LogP contribution in [0.5, 0.6) is 0 Å². The monoisotopic (exact) mass is 252 g/mol. The molecule has 3 rings (SSSR count). The van der Waals surface area contributed by atoms with Gasteiger partial charge in [-0.05, 0) is 6.07 Å². The maximum absolute atomic E-state index is 11.6. The Labute approximate surface area is 104 Å². The molecule has 3 heterocycles. The Balaban J connectivity index is 2.04. The van der Waals surface area contributed by atoms with Crippen LogP contribution in [0.25, 0.3) is 0 Å². The number of nitrogens with zero attached hydrogens (tertiary/aromatic N) is 2. The van der Waals surface area contributed by atoms with Crippen LogP contribution in [0.3, 0.4) is 0 Å². The van der Waals surface area contributed by atoms with Crippen LogP contribution in [-0.4, -0.2) is 37.1 Å². The number of amides is 1. The zero-order valence-electron chi connectivity index (χ0n) is 9.29. The molecule has 0 spiro atoms. The van der Waals surface area contributed by atoms with Crippen molar-refractivity contribution in [3.05, 3.63) is 22.3 Å². The van der Waals surface area contributed by atoms with Gasteiger partial charge in [0.2, 0.25) is 0 Å².